The van der Waals surface area contributed by atoms with E-state index >= 15 is 0 Å². The van der Waals surface area contributed by atoms with E-state index in [2.05, 4.69) is 26.0 Å². The average Bonchev–Trinajstić information content (AvgIpc) is 2.66. The van der Waals surface area contributed by atoms with E-state index in [9.17, 15) is 9.90 Å². The van der Waals surface area contributed by atoms with E-state index in [-0.39, 0.29) is 12.1 Å². The molecule has 0 aliphatic heterocycles. The van der Waals surface area contributed by atoms with Crippen LogP contribution in [0.5, 0.6) is 0 Å². The molecule has 0 spiro atoms. The van der Waals surface area contributed by atoms with Gasteiger partial charge < -0.3 is 9.84 Å². The van der Waals surface area contributed by atoms with Gasteiger partial charge in [-0.25, -0.2) is 0 Å². The van der Waals surface area contributed by atoms with E-state index in [0.717, 1.165) is 51.4 Å². The summed E-state index contributed by atoms with van der Waals surface area (Å²) in [4.78, 5) is 11.6. The third-order valence-electron chi connectivity index (χ3n) is 4.98. The Balaban J connectivity index is 3.30. The highest BCUT2D eigenvalue weighted by Gasteiger charge is 2.02. The van der Waals surface area contributed by atoms with Gasteiger partial charge in [-0.1, -0.05) is 90.2 Å². The maximum absolute atomic E-state index is 11.6. The van der Waals surface area contributed by atoms with Crippen LogP contribution < -0.4 is 0 Å². The fourth-order valence-electron chi connectivity index (χ4n) is 3.14. The number of aliphatic hydroxyl groups excluding tert-OH is 1. The molecule has 0 bridgehead atoms. The number of allylic oxidation sites excluding steroid dienone is 1. The molecule has 0 amide bonds. The van der Waals surface area contributed by atoms with E-state index in [0.29, 0.717) is 13.0 Å². The normalized spacial score (nSPS) is 12.6. The first kappa shape index (κ1) is 26.2. The maximum Gasteiger partial charge on any atom is 0.305 e. The monoisotopic (exact) mass is 382 g/mol. The zero-order chi connectivity index (χ0) is 20.0. The fourth-order valence-corrected chi connectivity index (χ4v) is 3.14. The highest BCUT2D eigenvalue weighted by molar-refractivity contribution is 5.69. The molecule has 0 saturated heterocycles. The zero-order valence-corrected chi connectivity index (χ0v) is 18.2. The van der Waals surface area contributed by atoms with Crippen molar-refractivity contribution in [3.8, 4) is 0 Å². The molecule has 27 heavy (non-hydrogen) atoms. The second-order valence-corrected chi connectivity index (χ2v) is 7.80. The van der Waals surface area contributed by atoms with Gasteiger partial charge in [0.05, 0.1) is 12.7 Å². The minimum absolute atomic E-state index is 0.0253. The molecule has 3 nitrogen and oxygen atoms in total. The summed E-state index contributed by atoms with van der Waals surface area (Å²) >= 11 is 0. The molecule has 0 rings (SSSR count). The molecule has 0 aromatic rings. The largest absolute Gasteiger partial charge is 0.466 e. The van der Waals surface area contributed by atoms with E-state index in [1.54, 1.807) is 0 Å². The molecule has 0 aliphatic rings. The average molecular weight is 383 g/mol. The van der Waals surface area contributed by atoms with Crippen molar-refractivity contribution in [1.29, 1.82) is 0 Å². The number of carbonyl (C=O) groups excluding carboxylic acids is 1. The quantitative estimate of drug-likeness (QED) is 0.138. The van der Waals surface area contributed by atoms with Crippen molar-refractivity contribution < 1.29 is 14.6 Å². The Morgan fingerprint density at radius 1 is 0.815 bits per heavy atom. The van der Waals surface area contributed by atoms with Crippen LogP contribution >= 0.6 is 0 Å². The summed E-state index contributed by atoms with van der Waals surface area (Å²) in [6.07, 6.45) is 22.8. The van der Waals surface area contributed by atoms with Gasteiger partial charge in [0.15, 0.2) is 0 Å². The number of aliphatic hydroxyl groups is 1. The van der Waals surface area contributed by atoms with Gasteiger partial charge in [0, 0.05) is 6.42 Å². The van der Waals surface area contributed by atoms with Gasteiger partial charge in [0.2, 0.25) is 0 Å². The number of esters is 1. The topological polar surface area (TPSA) is 46.5 Å². The summed E-state index contributed by atoms with van der Waals surface area (Å²) in [6, 6.07) is 0. The Labute approximate surface area is 169 Å². The van der Waals surface area contributed by atoms with Gasteiger partial charge in [0.25, 0.3) is 0 Å². The third-order valence-corrected chi connectivity index (χ3v) is 4.98. The van der Waals surface area contributed by atoms with Crippen molar-refractivity contribution in [3.63, 3.8) is 0 Å². The van der Waals surface area contributed by atoms with Gasteiger partial charge in [-0.15, -0.1) is 0 Å². The van der Waals surface area contributed by atoms with Crippen molar-refractivity contribution in [3.05, 3.63) is 12.2 Å². The lowest BCUT2D eigenvalue weighted by Gasteiger charge is -2.07. The molecule has 0 aliphatic carbocycles. The number of hydrogen-bond donors (Lipinski definition) is 1. The molecule has 0 aromatic carbocycles. The lowest BCUT2D eigenvalue weighted by Crippen LogP contribution is -2.05. The smallest absolute Gasteiger partial charge is 0.305 e. The summed E-state index contributed by atoms with van der Waals surface area (Å²) in [5.74, 6) is -0.0253. The molecule has 1 N–H and O–H groups in total. The van der Waals surface area contributed by atoms with Gasteiger partial charge in [0.1, 0.15) is 0 Å². The van der Waals surface area contributed by atoms with Gasteiger partial charge >= 0.3 is 5.97 Å². The Morgan fingerprint density at radius 3 is 2.19 bits per heavy atom. The Bertz CT molecular complexity index is 339. The molecule has 0 radical (unpaired) electrons. The first-order valence-corrected chi connectivity index (χ1v) is 11.7. The zero-order valence-electron chi connectivity index (χ0n) is 18.2. The van der Waals surface area contributed by atoms with E-state index in [4.69, 9.17) is 4.74 Å². The van der Waals surface area contributed by atoms with Crippen LogP contribution in [0.2, 0.25) is 0 Å². The first-order valence-electron chi connectivity index (χ1n) is 11.7. The van der Waals surface area contributed by atoms with E-state index < -0.39 is 0 Å². The van der Waals surface area contributed by atoms with Crippen LogP contribution in [0.4, 0.5) is 0 Å². The molecular weight excluding hydrogens is 336 g/mol. The van der Waals surface area contributed by atoms with Crippen molar-refractivity contribution in [1.82, 2.24) is 0 Å². The molecule has 3 heteroatoms. The van der Waals surface area contributed by atoms with Crippen LogP contribution in [0.15, 0.2) is 12.2 Å². The summed E-state index contributed by atoms with van der Waals surface area (Å²) in [5.41, 5.74) is 0. The summed E-state index contributed by atoms with van der Waals surface area (Å²) in [6.45, 7) is 4.99. The van der Waals surface area contributed by atoms with Crippen LogP contribution in [0.1, 0.15) is 123 Å². The Morgan fingerprint density at radius 2 is 1.44 bits per heavy atom. The highest BCUT2D eigenvalue weighted by atomic mass is 16.5. The molecule has 0 fully saturated rings. The molecule has 0 saturated carbocycles. The second-order valence-electron chi connectivity index (χ2n) is 7.80. The number of unbranched alkanes of at least 4 members (excludes halogenated alkanes) is 11. The van der Waals surface area contributed by atoms with Crippen molar-refractivity contribution in [2.24, 2.45) is 0 Å². The summed E-state index contributed by atoms with van der Waals surface area (Å²) in [7, 11) is 0. The number of rotatable bonds is 20. The van der Waals surface area contributed by atoms with E-state index in [1.165, 1.54) is 51.4 Å². The van der Waals surface area contributed by atoms with Gasteiger partial charge in [-0.05, 0) is 38.5 Å². The number of hydrogen-bond acceptors (Lipinski definition) is 3. The van der Waals surface area contributed by atoms with Crippen molar-refractivity contribution in [2.45, 2.75) is 129 Å². The predicted octanol–water partition coefficient (Wildman–Crippen LogP) is 7.12. The standard InChI is InChI=1S/C24H46O3/c1-3-5-7-15-19-23(25)20-16-13-11-9-10-12-14-17-21-24(26)27-22-18-8-6-4-2/h13,16,23,25H,3-12,14-15,17-22H2,1-2H3/t23-/m1/s1. The predicted molar refractivity (Wildman–Crippen MR) is 116 cm³/mol. The maximum atomic E-state index is 11.6. The lowest BCUT2D eigenvalue weighted by atomic mass is 10.1. The molecule has 0 aromatic heterocycles. The minimum Gasteiger partial charge on any atom is -0.466 e. The van der Waals surface area contributed by atoms with Crippen LogP contribution in [-0.4, -0.2) is 23.8 Å². The highest BCUT2D eigenvalue weighted by Crippen LogP contribution is 2.11. The number of ether oxygens (including phenoxy) is 1. The van der Waals surface area contributed by atoms with Crippen LogP contribution in [0.3, 0.4) is 0 Å². The molecule has 0 unspecified atom stereocenters. The molecular formula is C24H46O3. The van der Waals surface area contributed by atoms with Gasteiger partial charge in [-0.3, -0.25) is 4.79 Å². The summed E-state index contributed by atoms with van der Waals surface area (Å²) in [5, 5.41) is 9.90. The van der Waals surface area contributed by atoms with Crippen molar-refractivity contribution >= 4 is 5.97 Å². The van der Waals surface area contributed by atoms with Gasteiger partial charge in [-0.2, -0.15) is 0 Å². The minimum atomic E-state index is -0.162. The number of carbonyl (C=O) groups is 1. The fraction of sp³-hybridized carbons (Fsp3) is 0.875. The van der Waals surface area contributed by atoms with Crippen LogP contribution in [0.25, 0.3) is 0 Å². The Kier molecular flexibility index (Phi) is 20.8. The lowest BCUT2D eigenvalue weighted by molar-refractivity contribution is -0.143. The second kappa shape index (κ2) is 21.5. The molecule has 0 heterocycles. The Hall–Kier alpha value is -0.830. The first-order chi connectivity index (χ1) is 13.2. The van der Waals surface area contributed by atoms with E-state index in [1.807, 2.05) is 0 Å². The molecule has 160 valence electrons. The SMILES string of the molecule is CCCCCCOC(=O)CCCCCCCC=CC[C@H](O)CCCCCC. The summed E-state index contributed by atoms with van der Waals surface area (Å²) < 4.78 is 5.25. The van der Waals surface area contributed by atoms with Crippen LogP contribution in [0, 0.1) is 0 Å². The third kappa shape index (κ3) is 21.3. The van der Waals surface area contributed by atoms with Crippen molar-refractivity contribution in [2.75, 3.05) is 6.61 Å². The van der Waals surface area contributed by atoms with Crippen LogP contribution in [-0.2, 0) is 9.53 Å². The molecule has 1 atom stereocenters.